The first-order valence-corrected chi connectivity index (χ1v) is 9.20. The number of thioether (sulfide) groups is 1. The van der Waals surface area contributed by atoms with Gasteiger partial charge in [0.15, 0.2) is 5.16 Å². The van der Waals surface area contributed by atoms with E-state index in [1.807, 2.05) is 24.3 Å². The number of amides is 1. The Morgan fingerprint density at radius 3 is 2.59 bits per heavy atom. The number of fused-ring (bicyclic) bond motifs is 1. The lowest BCUT2D eigenvalue weighted by Crippen LogP contribution is -2.24. The number of halogens is 3. The molecule has 152 valence electrons. The largest absolute Gasteiger partial charge is 0.418 e. The van der Waals surface area contributed by atoms with Crippen molar-refractivity contribution in [3.05, 3.63) is 58.1 Å². The highest BCUT2D eigenvalue weighted by Crippen LogP contribution is 2.37. The number of hydrogen-bond acceptors (Lipinski definition) is 5. The van der Waals surface area contributed by atoms with Crippen molar-refractivity contribution in [3.63, 3.8) is 0 Å². The molecule has 1 aromatic heterocycles. The number of non-ortho nitro benzene ring substituents is 1. The number of nitrogens with zero attached hydrogens (tertiary/aromatic N) is 3. The molecule has 29 heavy (non-hydrogen) atoms. The van der Waals surface area contributed by atoms with Crippen LogP contribution in [0.3, 0.4) is 0 Å². The third-order valence-electron chi connectivity index (χ3n) is 4.17. The van der Waals surface area contributed by atoms with Crippen LogP contribution in [0.15, 0.2) is 47.6 Å². The number of alkyl halides is 3. The van der Waals surface area contributed by atoms with Crippen molar-refractivity contribution in [2.45, 2.75) is 23.5 Å². The number of nitro groups is 1. The van der Waals surface area contributed by atoms with E-state index in [4.69, 9.17) is 0 Å². The Morgan fingerprint density at radius 1 is 1.28 bits per heavy atom. The summed E-state index contributed by atoms with van der Waals surface area (Å²) in [5, 5.41) is 12.8. The zero-order valence-electron chi connectivity index (χ0n) is 15.2. The molecule has 1 amide bonds. The lowest BCUT2D eigenvalue weighted by atomic mass is 10.1. The average molecular weight is 424 g/mol. The molecule has 1 atom stereocenters. The van der Waals surface area contributed by atoms with Gasteiger partial charge in [-0.1, -0.05) is 23.9 Å². The molecule has 0 aliphatic heterocycles. The summed E-state index contributed by atoms with van der Waals surface area (Å²) in [5.74, 6) is -0.679. The van der Waals surface area contributed by atoms with Gasteiger partial charge in [0.25, 0.3) is 5.69 Å². The van der Waals surface area contributed by atoms with Crippen molar-refractivity contribution >= 4 is 40.1 Å². The molecule has 0 aliphatic carbocycles. The molecular formula is C18H15F3N4O3S. The monoisotopic (exact) mass is 424 g/mol. The summed E-state index contributed by atoms with van der Waals surface area (Å²) in [6.07, 6.45) is -4.86. The molecule has 2 aromatic carbocycles. The van der Waals surface area contributed by atoms with Gasteiger partial charge in [0.2, 0.25) is 5.91 Å². The molecule has 3 aromatic rings. The van der Waals surface area contributed by atoms with Crippen LogP contribution in [0.2, 0.25) is 0 Å². The van der Waals surface area contributed by atoms with Gasteiger partial charge in [-0.2, -0.15) is 13.2 Å². The molecule has 11 heteroatoms. The van der Waals surface area contributed by atoms with E-state index in [-0.39, 0.29) is 0 Å². The molecule has 0 saturated carbocycles. The van der Waals surface area contributed by atoms with E-state index in [1.54, 1.807) is 11.6 Å². The molecule has 1 unspecified atom stereocenters. The summed E-state index contributed by atoms with van der Waals surface area (Å²) in [4.78, 5) is 26.7. The number of carbonyl (C=O) groups is 1. The number of carbonyl (C=O) groups excluding carboxylic acids is 1. The van der Waals surface area contributed by atoms with Crippen LogP contribution >= 0.6 is 11.8 Å². The van der Waals surface area contributed by atoms with Gasteiger partial charge < -0.3 is 9.88 Å². The Labute approximate surface area is 167 Å². The highest BCUT2D eigenvalue weighted by atomic mass is 32.2. The van der Waals surface area contributed by atoms with Crippen LogP contribution in [0.1, 0.15) is 12.5 Å². The molecule has 0 aliphatic rings. The molecule has 0 saturated heterocycles. The van der Waals surface area contributed by atoms with E-state index in [0.29, 0.717) is 11.2 Å². The van der Waals surface area contributed by atoms with Crippen LogP contribution in [0.5, 0.6) is 0 Å². The number of aromatic nitrogens is 2. The van der Waals surface area contributed by atoms with Gasteiger partial charge in [0.1, 0.15) is 0 Å². The minimum Gasteiger partial charge on any atom is -0.325 e. The van der Waals surface area contributed by atoms with Crippen molar-refractivity contribution in [3.8, 4) is 0 Å². The molecule has 0 bridgehead atoms. The standard InChI is InChI=1S/C18H15F3N4O3S/c1-10(29-17-23-14-5-3-4-6-15(14)24(17)2)16(26)22-13-8-7-11(25(27)28)9-12(13)18(19,20)21/h3-10H,1-2H3,(H,22,26). The third-order valence-corrected chi connectivity index (χ3v) is 5.32. The van der Waals surface area contributed by atoms with Crippen molar-refractivity contribution in [2.24, 2.45) is 7.05 Å². The first kappa shape index (κ1) is 20.6. The molecule has 1 heterocycles. The van der Waals surface area contributed by atoms with Gasteiger partial charge in [-0.3, -0.25) is 14.9 Å². The highest BCUT2D eigenvalue weighted by Gasteiger charge is 2.36. The van der Waals surface area contributed by atoms with Crippen LogP contribution in [-0.2, 0) is 18.0 Å². The van der Waals surface area contributed by atoms with Gasteiger partial charge in [-0.05, 0) is 25.1 Å². The smallest absolute Gasteiger partial charge is 0.325 e. The maximum Gasteiger partial charge on any atom is 0.418 e. The summed E-state index contributed by atoms with van der Waals surface area (Å²) in [5.41, 5.74) is -0.930. The zero-order chi connectivity index (χ0) is 21.3. The zero-order valence-corrected chi connectivity index (χ0v) is 16.0. The minimum atomic E-state index is -4.86. The first-order chi connectivity index (χ1) is 13.6. The molecule has 0 fully saturated rings. The van der Waals surface area contributed by atoms with Crippen LogP contribution in [0, 0.1) is 10.1 Å². The predicted molar refractivity (Wildman–Crippen MR) is 103 cm³/mol. The number of nitrogens with one attached hydrogen (secondary N) is 1. The third kappa shape index (κ3) is 4.34. The van der Waals surface area contributed by atoms with E-state index in [2.05, 4.69) is 10.3 Å². The second-order valence-corrected chi connectivity index (χ2v) is 7.48. The quantitative estimate of drug-likeness (QED) is 0.367. The number of hydrogen-bond donors (Lipinski definition) is 1. The number of rotatable bonds is 5. The van der Waals surface area contributed by atoms with E-state index in [0.717, 1.165) is 34.9 Å². The predicted octanol–water partition coefficient (Wildman–Crippen LogP) is 4.62. The molecule has 7 nitrogen and oxygen atoms in total. The highest BCUT2D eigenvalue weighted by molar-refractivity contribution is 8.00. The Morgan fingerprint density at radius 2 is 1.97 bits per heavy atom. The molecule has 0 spiro atoms. The number of benzene rings is 2. The minimum absolute atomic E-state index is 0.402. The van der Waals surface area contributed by atoms with Gasteiger partial charge >= 0.3 is 6.18 Å². The molecule has 0 radical (unpaired) electrons. The Kier molecular flexibility index (Phi) is 5.51. The van der Waals surface area contributed by atoms with E-state index < -0.39 is 39.2 Å². The average Bonchev–Trinajstić information content (AvgIpc) is 2.96. The number of aryl methyl sites for hydroxylation is 1. The van der Waals surface area contributed by atoms with Gasteiger partial charge in [0.05, 0.1) is 32.5 Å². The van der Waals surface area contributed by atoms with Crippen LogP contribution in [0.25, 0.3) is 11.0 Å². The van der Waals surface area contributed by atoms with Gasteiger partial charge in [0, 0.05) is 19.2 Å². The second kappa shape index (κ2) is 7.74. The van der Waals surface area contributed by atoms with Crippen LogP contribution < -0.4 is 5.32 Å². The summed E-state index contributed by atoms with van der Waals surface area (Å²) in [6.45, 7) is 1.54. The Hall–Kier alpha value is -3.08. The molecular weight excluding hydrogens is 409 g/mol. The fraction of sp³-hybridized carbons (Fsp3) is 0.222. The lowest BCUT2D eigenvalue weighted by Gasteiger charge is -2.16. The summed E-state index contributed by atoms with van der Waals surface area (Å²) in [6, 6.07) is 9.55. The fourth-order valence-electron chi connectivity index (χ4n) is 2.66. The maximum atomic E-state index is 13.3. The van der Waals surface area contributed by atoms with Crippen molar-refractivity contribution in [1.29, 1.82) is 0 Å². The number of anilines is 1. The van der Waals surface area contributed by atoms with Crippen LogP contribution in [-0.4, -0.2) is 25.6 Å². The number of nitro benzene ring substituents is 1. The van der Waals surface area contributed by atoms with Gasteiger partial charge in [-0.25, -0.2) is 4.98 Å². The lowest BCUT2D eigenvalue weighted by molar-refractivity contribution is -0.385. The molecule has 1 N–H and O–H groups in total. The second-order valence-electron chi connectivity index (χ2n) is 6.18. The topological polar surface area (TPSA) is 90.1 Å². The maximum absolute atomic E-state index is 13.3. The Balaban J connectivity index is 1.82. The summed E-state index contributed by atoms with van der Waals surface area (Å²) < 4.78 is 41.6. The summed E-state index contributed by atoms with van der Waals surface area (Å²) in [7, 11) is 1.78. The SMILES string of the molecule is CC(Sc1nc2ccccc2n1C)C(=O)Nc1ccc([N+](=O)[O-])cc1C(F)(F)F. The summed E-state index contributed by atoms with van der Waals surface area (Å²) >= 11 is 1.10. The van der Waals surface area contributed by atoms with Crippen molar-refractivity contribution in [2.75, 3.05) is 5.32 Å². The first-order valence-electron chi connectivity index (χ1n) is 8.32. The number of imidazole rings is 1. The molecule has 3 rings (SSSR count). The Bertz CT molecular complexity index is 1100. The number of para-hydroxylation sites is 2. The van der Waals surface area contributed by atoms with Crippen molar-refractivity contribution < 1.29 is 22.9 Å². The van der Waals surface area contributed by atoms with Gasteiger partial charge in [-0.15, -0.1) is 0 Å². The van der Waals surface area contributed by atoms with E-state index in [1.165, 1.54) is 6.92 Å². The van der Waals surface area contributed by atoms with E-state index in [9.17, 15) is 28.1 Å². The fourth-order valence-corrected chi connectivity index (χ4v) is 3.55. The van der Waals surface area contributed by atoms with Crippen LogP contribution in [0.4, 0.5) is 24.5 Å². The van der Waals surface area contributed by atoms with Crippen molar-refractivity contribution in [1.82, 2.24) is 9.55 Å². The van der Waals surface area contributed by atoms with E-state index >= 15 is 0 Å². The normalized spacial score (nSPS) is 12.7.